The molecule has 0 aromatic heterocycles. The minimum atomic E-state index is -3.90. The largest absolute Gasteiger partial charge is 0.321 e. The zero-order valence-corrected chi connectivity index (χ0v) is 19.4. The van der Waals surface area contributed by atoms with E-state index in [1.165, 1.54) is 36.4 Å². The van der Waals surface area contributed by atoms with E-state index in [1.807, 2.05) is 19.1 Å². The molecular formula is C26H20FN3O4S. The van der Waals surface area contributed by atoms with Gasteiger partial charge in [0.05, 0.1) is 10.6 Å². The first-order valence-electron chi connectivity index (χ1n) is 10.9. The van der Waals surface area contributed by atoms with Gasteiger partial charge in [0.15, 0.2) is 0 Å². The van der Waals surface area contributed by atoms with Crippen molar-refractivity contribution in [2.45, 2.75) is 11.8 Å². The molecule has 0 unspecified atom stereocenters. The molecular weight excluding hydrogens is 469 g/mol. The van der Waals surface area contributed by atoms with Crippen molar-refractivity contribution in [2.75, 3.05) is 21.5 Å². The number of hydrogen-bond donors (Lipinski definition) is 2. The Morgan fingerprint density at radius 2 is 1.66 bits per heavy atom. The zero-order chi connectivity index (χ0) is 24.7. The minimum Gasteiger partial charge on any atom is -0.321 e. The monoisotopic (exact) mass is 489 g/mol. The molecule has 0 atom stereocenters. The van der Waals surface area contributed by atoms with Crippen LogP contribution in [-0.2, 0) is 10.0 Å². The fourth-order valence-electron chi connectivity index (χ4n) is 4.18. The smallest absolute Gasteiger partial charge is 0.261 e. The molecule has 35 heavy (non-hydrogen) atoms. The number of rotatable bonds is 6. The van der Waals surface area contributed by atoms with Gasteiger partial charge in [0.2, 0.25) is 0 Å². The van der Waals surface area contributed by atoms with Crippen LogP contribution in [0.15, 0.2) is 83.8 Å². The first-order valence-corrected chi connectivity index (χ1v) is 12.3. The van der Waals surface area contributed by atoms with E-state index in [-0.39, 0.29) is 22.4 Å². The van der Waals surface area contributed by atoms with Gasteiger partial charge in [-0.15, -0.1) is 0 Å². The Hall–Kier alpha value is -4.24. The van der Waals surface area contributed by atoms with Gasteiger partial charge in [-0.2, -0.15) is 0 Å². The number of nitrogens with zero attached hydrogens (tertiary/aromatic N) is 1. The molecule has 1 aliphatic heterocycles. The molecule has 176 valence electrons. The van der Waals surface area contributed by atoms with Gasteiger partial charge in [-0.25, -0.2) is 12.8 Å². The lowest BCUT2D eigenvalue weighted by atomic mass is 10.0. The highest BCUT2D eigenvalue weighted by atomic mass is 32.2. The van der Waals surface area contributed by atoms with Gasteiger partial charge in [-0.1, -0.05) is 12.1 Å². The van der Waals surface area contributed by atoms with Crippen LogP contribution in [0.2, 0.25) is 0 Å². The molecule has 2 amide bonds. The third-order valence-electron chi connectivity index (χ3n) is 5.87. The standard InChI is InChI=1S/C26H20FN3O4S/c1-2-30-23-15-14-22(20-4-3-5-21(24(20)23)26(30)32)28-25(31)16-6-10-18(11-7-16)29-35(33,34)19-12-8-17(27)9-13-19/h3-15,29H,2H2,1H3,(H,28,31). The van der Waals surface area contributed by atoms with Gasteiger partial charge in [0, 0.05) is 39.8 Å². The van der Waals surface area contributed by atoms with Crippen LogP contribution < -0.4 is 14.9 Å². The molecule has 0 aliphatic carbocycles. The van der Waals surface area contributed by atoms with Crippen LogP contribution >= 0.6 is 0 Å². The highest BCUT2D eigenvalue weighted by Crippen LogP contribution is 2.40. The van der Waals surface area contributed by atoms with Crippen LogP contribution in [0.3, 0.4) is 0 Å². The lowest BCUT2D eigenvalue weighted by Crippen LogP contribution is -2.25. The zero-order valence-electron chi connectivity index (χ0n) is 18.6. The predicted molar refractivity (Wildman–Crippen MR) is 133 cm³/mol. The molecule has 0 saturated carbocycles. The average molecular weight is 490 g/mol. The van der Waals surface area contributed by atoms with E-state index in [0.717, 1.165) is 28.6 Å². The average Bonchev–Trinajstić information content (AvgIpc) is 3.13. The Labute approximate surface area is 201 Å². The summed E-state index contributed by atoms with van der Waals surface area (Å²) >= 11 is 0. The van der Waals surface area contributed by atoms with E-state index >= 15 is 0 Å². The summed E-state index contributed by atoms with van der Waals surface area (Å²) < 4.78 is 40.5. The molecule has 0 saturated heterocycles. The highest BCUT2D eigenvalue weighted by Gasteiger charge is 2.29. The van der Waals surface area contributed by atoms with Crippen molar-refractivity contribution >= 4 is 49.7 Å². The first-order chi connectivity index (χ1) is 16.8. The Balaban J connectivity index is 1.37. The summed E-state index contributed by atoms with van der Waals surface area (Å²) in [5.41, 5.74) is 2.58. The number of benzene rings is 4. The molecule has 9 heteroatoms. The van der Waals surface area contributed by atoms with Crippen molar-refractivity contribution in [3.05, 3.63) is 95.8 Å². The molecule has 1 aliphatic rings. The van der Waals surface area contributed by atoms with Crippen molar-refractivity contribution in [1.29, 1.82) is 0 Å². The van der Waals surface area contributed by atoms with Crippen LogP contribution in [0.5, 0.6) is 0 Å². The Morgan fingerprint density at radius 3 is 2.34 bits per heavy atom. The summed E-state index contributed by atoms with van der Waals surface area (Å²) in [5.74, 6) is -0.973. The van der Waals surface area contributed by atoms with E-state index in [1.54, 1.807) is 23.1 Å². The van der Waals surface area contributed by atoms with E-state index in [0.29, 0.717) is 23.4 Å². The summed E-state index contributed by atoms with van der Waals surface area (Å²) in [4.78, 5) is 27.2. The third-order valence-corrected chi connectivity index (χ3v) is 7.27. The van der Waals surface area contributed by atoms with Gasteiger partial charge >= 0.3 is 0 Å². The molecule has 0 spiro atoms. The summed E-state index contributed by atoms with van der Waals surface area (Å²) in [6.45, 7) is 2.46. The predicted octanol–water partition coefficient (Wildman–Crippen LogP) is 5.01. The fraction of sp³-hybridized carbons (Fsp3) is 0.0769. The minimum absolute atomic E-state index is 0.0599. The van der Waals surface area contributed by atoms with Gasteiger partial charge < -0.3 is 10.2 Å². The van der Waals surface area contributed by atoms with Gasteiger partial charge in [0.25, 0.3) is 21.8 Å². The van der Waals surface area contributed by atoms with Crippen molar-refractivity contribution in [3.8, 4) is 0 Å². The maximum absolute atomic E-state index is 13.1. The summed E-state index contributed by atoms with van der Waals surface area (Å²) in [6, 6.07) is 19.4. The number of amides is 2. The highest BCUT2D eigenvalue weighted by molar-refractivity contribution is 7.92. The summed E-state index contributed by atoms with van der Waals surface area (Å²) in [7, 11) is -3.90. The third kappa shape index (κ3) is 4.00. The Bertz CT molecular complexity index is 1580. The molecule has 5 rings (SSSR count). The van der Waals surface area contributed by atoms with Gasteiger partial charge in [-0.05, 0) is 73.7 Å². The number of hydrogen-bond acceptors (Lipinski definition) is 4. The number of carbonyl (C=O) groups is 2. The lowest BCUT2D eigenvalue weighted by molar-refractivity contribution is 0.0992. The van der Waals surface area contributed by atoms with E-state index < -0.39 is 15.8 Å². The lowest BCUT2D eigenvalue weighted by Gasteiger charge is -2.15. The van der Waals surface area contributed by atoms with Crippen LogP contribution in [-0.4, -0.2) is 26.8 Å². The molecule has 0 fully saturated rings. The molecule has 0 radical (unpaired) electrons. The Morgan fingerprint density at radius 1 is 0.943 bits per heavy atom. The summed E-state index contributed by atoms with van der Waals surface area (Å²) in [6.07, 6.45) is 0. The van der Waals surface area contributed by atoms with Crippen molar-refractivity contribution in [1.82, 2.24) is 0 Å². The van der Waals surface area contributed by atoms with E-state index in [2.05, 4.69) is 10.0 Å². The number of nitrogens with one attached hydrogen (secondary N) is 2. The first kappa shape index (κ1) is 22.5. The SMILES string of the molecule is CCN1C(=O)c2cccc3c(NC(=O)c4ccc(NS(=O)(=O)c5ccc(F)cc5)cc4)ccc1c23. The molecule has 4 aromatic rings. The second-order valence-electron chi connectivity index (χ2n) is 8.00. The normalized spacial score (nSPS) is 12.7. The molecule has 2 N–H and O–H groups in total. The van der Waals surface area contributed by atoms with E-state index in [9.17, 15) is 22.4 Å². The fourth-order valence-corrected chi connectivity index (χ4v) is 5.24. The second kappa shape index (κ2) is 8.52. The molecule has 0 bridgehead atoms. The van der Waals surface area contributed by atoms with Crippen LogP contribution in [0, 0.1) is 5.82 Å². The Kier molecular flexibility index (Phi) is 5.49. The number of sulfonamides is 1. The second-order valence-corrected chi connectivity index (χ2v) is 9.68. The van der Waals surface area contributed by atoms with Crippen molar-refractivity contribution < 1.29 is 22.4 Å². The van der Waals surface area contributed by atoms with E-state index in [4.69, 9.17) is 0 Å². The molecule has 4 aromatic carbocycles. The maximum atomic E-state index is 13.1. The summed E-state index contributed by atoms with van der Waals surface area (Å²) in [5, 5.41) is 4.46. The quantitative estimate of drug-likeness (QED) is 0.398. The number of anilines is 3. The van der Waals surface area contributed by atoms with Gasteiger partial charge in [-0.3, -0.25) is 14.3 Å². The van der Waals surface area contributed by atoms with Crippen LogP contribution in [0.1, 0.15) is 27.6 Å². The van der Waals surface area contributed by atoms with Crippen molar-refractivity contribution in [3.63, 3.8) is 0 Å². The van der Waals surface area contributed by atoms with Crippen molar-refractivity contribution in [2.24, 2.45) is 0 Å². The number of halogens is 1. The van der Waals surface area contributed by atoms with Crippen LogP contribution in [0.25, 0.3) is 10.8 Å². The van der Waals surface area contributed by atoms with Gasteiger partial charge in [0.1, 0.15) is 5.82 Å². The maximum Gasteiger partial charge on any atom is 0.261 e. The molecule has 7 nitrogen and oxygen atoms in total. The van der Waals surface area contributed by atoms with Crippen LogP contribution in [0.4, 0.5) is 21.5 Å². The topological polar surface area (TPSA) is 95.6 Å². The molecule has 1 heterocycles. The number of carbonyl (C=O) groups excluding carboxylic acids is 2.